The number of aromatic nitrogens is 1. The van der Waals surface area contributed by atoms with E-state index in [0.717, 1.165) is 6.07 Å². The van der Waals surface area contributed by atoms with Crippen molar-refractivity contribution >= 4 is 17.3 Å². The van der Waals surface area contributed by atoms with Gasteiger partial charge < -0.3 is 9.84 Å². The first-order valence-corrected chi connectivity index (χ1v) is 5.74. The molecule has 0 unspecified atom stereocenters. The van der Waals surface area contributed by atoms with Gasteiger partial charge in [0, 0.05) is 0 Å². The summed E-state index contributed by atoms with van der Waals surface area (Å²) >= 11 is 0.665. The van der Waals surface area contributed by atoms with Crippen LogP contribution >= 0.6 is 11.3 Å². The average Bonchev–Trinajstić information content (AvgIpc) is 2.71. The van der Waals surface area contributed by atoms with Gasteiger partial charge in [-0.25, -0.2) is 18.6 Å². The summed E-state index contributed by atoms with van der Waals surface area (Å²) in [6.07, 6.45) is 0. The zero-order chi connectivity index (χ0) is 14.2. The normalized spacial score (nSPS) is 10.5. The van der Waals surface area contributed by atoms with E-state index in [1.165, 1.54) is 6.92 Å². The maximum atomic E-state index is 13.3. The molecule has 0 aliphatic heterocycles. The number of benzene rings is 1. The Bertz CT molecular complexity index is 657. The molecule has 0 aliphatic carbocycles. The van der Waals surface area contributed by atoms with Gasteiger partial charge in [0.1, 0.15) is 4.88 Å². The van der Waals surface area contributed by atoms with Crippen LogP contribution in [0.3, 0.4) is 0 Å². The monoisotopic (exact) mass is 289 g/mol. The van der Waals surface area contributed by atoms with Crippen LogP contribution in [0.4, 0.5) is 13.2 Å². The fraction of sp³-hybridized carbons (Fsp3) is 0.0909. The van der Waals surface area contributed by atoms with Crippen molar-refractivity contribution in [3.8, 4) is 10.9 Å². The van der Waals surface area contributed by atoms with Crippen LogP contribution in [0.25, 0.3) is 0 Å². The highest BCUT2D eigenvalue weighted by molar-refractivity contribution is 7.15. The van der Waals surface area contributed by atoms with Gasteiger partial charge in [-0.05, 0) is 19.1 Å². The summed E-state index contributed by atoms with van der Waals surface area (Å²) in [5.74, 6) is -6.26. The molecule has 1 heterocycles. The lowest BCUT2D eigenvalue weighted by atomic mass is 10.3. The van der Waals surface area contributed by atoms with Crippen molar-refractivity contribution in [3.63, 3.8) is 0 Å². The molecule has 0 fully saturated rings. The van der Waals surface area contributed by atoms with Gasteiger partial charge in [-0.2, -0.15) is 4.39 Å². The minimum Gasteiger partial charge on any atom is -0.477 e. The minimum atomic E-state index is -1.66. The smallest absolute Gasteiger partial charge is 0.347 e. The van der Waals surface area contributed by atoms with E-state index in [1.807, 2.05) is 0 Å². The number of carboxylic acid groups (broad SMARTS) is 1. The Labute approximate surface area is 109 Å². The Hall–Kier alpha value is -2.09. The van der Waals surface area contributed by atoms with E-state index in [4.69, 9.17) is 9.84 Å². The summed E-state index contributed by atoms with van der Waals surface area (Å²) in [5.41, 5.74) is 0.190. The van der Waals surface area contributed by atoms with Crippen molar-refractivity contribution in [2.45, 2.75) is 6.92 Å². The molecule has 0 saturated carbocycles. The molecule has 4 nitrogen and oxygen atoms in total. The minimum absolute atomic E-state index is 0.0713. The van der Waals surface area contributed by atoms with Crippen LogP contribution in [0.1, 0.15) is 15.4 Å². The van der Waals surface area contributed by atoms with E-state index in [1.54, 1.807) is 0 Å². The van der Waals surface area contributed by atoms with E-state index in [-0.39, 0.29) is 15.8 Å². The van der Waals surface area contributed by atoms with Gasteiger partial charge in [-0.15, -0.1) is 0 Å². The van der Waals surface area contributed by atoms with Gasteiger partial charge >= 0.3 is 5.97 Å². The number of hydrogen-bond acceptors (Lipinski definition) is 4. The number of nitrogens with zero attached hydrogens (tertiary/aromatic N) is 1. The molecule has 0 aliphatic rings. The van der Waals surface area contributed by atoms with Crippen LogP contribution in [0.5, 0.6) is 10.9 Å². The van der Waals surface area contributed by atoms with Crippen molar-refractivity contribution in [1.82, 2.24) is 4.98 Å². The number of rotatable bonds is 3. The molecular formula is C11H6F3NO3S. The third kappa shape index (κ3) is 2.53. The third-order valence-electron chi connectivity index (χ3n) is 2.17. The molecule has 1 aromatic carbocycles. The van der Waals surface area contributed by atoms with Crippen molar-refractivity contribution in [2.24, 2.45) is 0 Å². The fourth-order valence-electron chi connectivity index (χ4n) is 1.29. The van der Waals surface area contributed by atoms with Crippen LogP contribution < -0.4 is 4.74 Å². The quantitative estimate of drug-likeness (QED) is 0.880. The van der Waals surface area contributed by atoms with E-state index in [0.29, 0.717) is 17.4 Å². The highest BCUT2D eigenvalue weighted by atomic mass is 32.1. The fourth-order valence-corrected chi connectivity index (χ4v) is 2.06. The summed E-state index contributed by atoms with van der Waals surface area (Å²) in [6, 6.07) is 1.59. The summed E-state index contributed by atoms with van der Waals surface area (Å²) in [4.78, 5) is 14.5. The first-order valence-electron chi connectivity index (χ1n) is 4.92. The van der Waals surface area contributed by atoms with Gasteiger partial charge in [-0.1, -0.05) is 11.3 Å². The van der Waals surface area contributed by atoms with Gasteiger partial charge in [0.2, 0.25) is 5.82 Å². The van der Waals surface area contributed by atoms with E-state index in [9.17, 15) is 18.0 Å². The molecule has 0 radical (unpaired) electrons. The number of halogens is 3. The molecule has 0 bridgehead atoms. The van der Waals surface area contributed by atoms with E-state index >= 15 is 0 Å². The van der Waals surface area contributed by atoms with Crippen molar-refractivity contribution in [3.05, 3.63) is 40.2 Å². The molecule has 0 amide bonds. The Morgan fingerprint density at radius 1 is 1.32 bits per heavy atom. The number of aryl methyl sites for hydroxylation is 1. The van der Waals surface area contributed by atoms with Crippen molar-refractivity contribution in [1.29, 1.82) is 0 Å². The highest BCUT2D eigenvalue weighted by Crippen LogP contribution is 2.31. The lowest BCUT2D eigenvalue weighted by molar-refractivity contribution is 0.0701. The molecule has 100 valence electrons. The number of aromatic carboxylic acids is 1. The summed E-state index contributed by atoms with van der Waals surface area (Å²) in [5, 5.41) is 8.64. The Morgan fingerprint density at radius 2 is 2.00 bits per heavy atom. The Morgan fingerprint density at radius 3 is 2.58 bits per heavy atom. The van der Waals surface area contributed by atoms with Gasteiger partial charge in [0.15, 0.2) is 17.4 Å². The third-order valence-corrected chi connectivity index (χ3v) is 3.19. The maximum Gasteiger partial charge on any atom is 0.347 e. The Kier molecular flexibility index (Phi) is 3.43. The zero-order valence-corrected chi connectivity index (χ0v) is 10.2. The number of ether oxygens (including phenoxy) is 1. The Balaban J connectivity index is 2.34. The first-order chi connectivity index (χ1) is 8.90. The summed E-state index contributed by atoms with van der Waals surface area (Å²) < 4.78 is 43.9. The predicted octanol–water partition coefficient (Wildman–Crippen LogP) is 3.36. The molecule has 19 heavy (non-hydrogen) atoms. The van der Waals surface area contributed by atoms with Crippen LogP contribution in [0.15, 0.2) is 12.1 Å². The number of hydrogen-bond donors (Lipinski definition) is 1. The molecular weight excluding hydrogens is 283 g/mol. The number of carboxylic acids is 1. The topological polar surface area (TPSA) is 59.4 Å². The molecule has 0 saturated heterocycles. The lowest BCUT2D eigenvalue weighted by Gasteiger charge is -2.03. The molecule has 0 spiro atoms. The van der Waals surface area contributed by atoms with Gasteiger partial charge in [0.25, 0.3) is 5.19 Å². The first kappa shape index (κ1) is 13.3. The largest absolute Gasteiger partial charge is 0.477 e. The van der Waals surface area contributed by atoms with Crippen molar-refractivity contribution in [2.75, 3.05) is 0 Å². The van der Waals surface area contributed by atoms with Crippen LogP contribution in [-0.4, -0.2) is 16.1 Å². The molecule has 1 aromatic heterocycles. The second kappa shape index (κ2) is 4.88. The predicted molar refractivity (Wildman–Crippen MR) is 60.2 cm³/mol. The molecule has 2 rings (SSSR count). The number of carbonyl (C=O) groups is 1. The molecule has 0 atom stereocenters. The van der Waals surface area contributed by atoms with Crippen LogP contribution in [0, 0.1) is 24.4 Å². The van der Waals surface area contributed by atoms with Crippen LogP contribution in [-0.2, 0) is 0 Å². The second-order valence-corrected chi connectivity index (χ2v) is 4.44. The van der Waals surface area contributed by atoms with Crippen LogP contribution in [0.2, 0.25) is 0 Å². The summed E-state index contributed by atoms with van der Waals surface area (Å²) in [7, 11) is 0. The standard InChI is InChI=1S/C11H6F3NO3S/c1-4-9(10(16)17)19-11(15-4)18-6-3-2-5(12)7(13)8(6)14/h2-3H,1H3,(H,16,17). The highest BCUT2D eigenvalue weighted by Gasteiger charge is 2.19. The van der Waals surface area contributed by atoms with Gasteiger partial charge in [-0.3, -0.25) is 0 Å². The average molecular weight is 289 g/mol. The maximum absolute atomic E-state index is 13.3. The molecule has 8 heteroatoms. The lowest BCUT2D eigenvalue weighted by Crippen LogP contribution is -1.94. The summed E-state index contributed by atoms with van der Waals surface area (Å²) in [6.45, 7) is 1.44. The SMILES string of the molecule is Cc1nc(Oc2ccc(F)c(F)c2F)sc1C(=O)O. The number of thiazole rings is 1. The zero-order valence-electron chi connectivity index (χ0n) is 9.41. The van der Waals surface area contributed by atoms with E-state index in [2.05, 4.69) is 4.98 Å². The molecule has 1 N–H and O–H groups in total. The van der Waals surface area contributed by atoms with Crippen molar-refractivity contribution < 1.29 is 27.8 Å². The second-order valence-electron chi connectivity index (χ2n) is 3.48. The van der Waals surface area contributed by atoms with E-state index < -0.39 is 29.2 Å². The van der Waals surface area contributed by atoms with Gasteiger partial charge in [0.05, 0.1) is 5.69 Å². The molecule has 2 aromatic rings.